The van der Waals surface area contributed by atoms with Gasteiger partial charge in [0.2, 0.25) is 5.91 Å². The van der Waals surface area contributed by atoms with E-state index in [0.717, 1.165) is 27.6 Å². The van der Waals surface area contributed by atoms with Gasteiger partial charge in [0.25, 0.3) is 0 Å². The van der Waals surface area contributed by atoms with Gasteiger partial charge in [-0.15, -0.1) is 0 Å². The summed E-state index contributed by atoms with van der Waals surface area (Å²) in [5.74, 6) is -0.0892. The first-order chi connectivity index (χ1) is 21.0. The van der Waals surface area contributed by atoms with E-state index in [4.69, 9.17) is 9.72 Å². The number of benzene rings is 2. The Kier molecular flexibility index (Phi) is 6.55. The Morgan fingerprint density at radius 2 is 1.86 bits per heavy atom. The van der Waals surface area contributed by atoms with Crippen LogP contribution in [0.25, 0.3) is 55.8 Å². The van der Waals surface area contributed by atoms with Crippen LogP contribution >= 0.6 is 0 Å². The number of halogens is 1. The zero-order chi connectivity index (χ0) is 29.3. The Bertz CT molecular complexity index is 2120. The van der Waals surface area contributed by atoms with Crippen molar-refractivity contribution >= 4 is 33.7 Å². The van der Waals surface area contributed by atoms with Crippen LogP contribution in [0.15, 0.2) is 97.5 Å². The van der Waals surface area contributed by atoms with Gasteiger partial charge < -0.3 is 15.0 Å². The number of fused-ring (bicyclic) bond motifs is 2. The molecule has 1 amide bonds. The molecule has 0 aliphatic heterocycles. The Labute approximate surface area is 244 Å². The van der Waals surface area contributed by atoms with Crippen molar-refractivity contribution in [2.75, 3.05) is 12.4 Å². The third kappa shape index (κ3) is 5.17. The normalized spacial score (nSPS) is 11.2. The number of aromatic amines is 2. The summed E-state index contributed by atoms with van der Waals surface area (Å²) in [7, 11) is 1.51. The lowest BCUT2D eigenvalue weighted by molar-refractivity contribution is -0.115. The van der Waals surface area contributed by atoms with Gasteiger partial charge in [-0.05, 0) is 59.2 Å². The minimum Gasteiger partial charge on any atom is -0.497 e. The van der Waals surface area contributed by atoms with Crippen molar-refractivity contribution < 1.29 is 13.9 Å². The summed E-state index contributed by atoms with van der Waals surface area (Å²) in [6, 6.07) is 23.5. The van der Waals surface area contributed by atoms with Crippen LogP contribution in [-0.2, 0) is 11.2 Å². The number of amides is 1. The molecule has 0 saturated heterocycles. The van der Waals surface area contributed by atoms with Crippen molar-refractivity contribution in [3.63, 3.8) is 0 Å². The SMILES string of the molecule is COc1cc(F)cc(-c2ccnc3[nH]c(-c4n[nH]c5ccc(-c6cncc(NC(=O)Cc7ccccc7)c6)nc45)cc23)c1. The van der Waals surface area contributed by atoms with E-state index in [1.54, 1.807) is 24.7 Å². The minimum atomic E-state index is -0.389. The first-order valence-corrected chi connectivity index (χ1v) is 13.5. The van der Waals surface area contributed by atoms with Gasteiger partial charge in [-0.25, -0.2) is 14.4 Å². The van der Waals surface area contributed by atoms with Crippen molar-refractivity contribution in [1.29, 1.82) is 0 Å². The molecule has 0 bridgehead atoms. The number of ether oxygens (including phenoxy) is 1. The van der Waals surface area contributed by atoms with E-state index < -0.39 is 0 Å². The number of carbonyl (C=O) groups is 1. The highest BCUT2D eigenvalue weighted by Crippen LogP contribution is 2.35. The average molecular weight is 570 g/mol. The highest BCUT2D eigenvalue weighted by atomic mass is 19.1. The van der Waals surface area contributed by atoms with Gasteiger partial charge in [0, 0.05) is 29.4 Å². The van der Waals surface area contributed by atoms with Gasteiger partial charge in [-0.2, -0.15) is 5.10 Å². The van der Waals surface area contributed by atoms with E-state index in [0.29, 0.717) is 45.2 Å². The highest BCUT2D eigenvalue weighted by Gasteiger charge is 2.17. The number of carbonyl (C=O) groups excluding carboxylic acids is 1. The van der Waals surface area contributed by atoms with E-state index in [9.17, 15) is 9.18 Å². The monoisotopic (exact) mass is 569 g/mol. The smallest absolute Gasteiger partial charge is 0.228 e. The second-order valence-electron chi connectivity index (χ2n) is 10.0. The first kappa shape index (κ1) is 26.0. The fourth-order valence-electron chi connectivity index (χ4n) is 5.12. The van der Waals surface area contributed by atoms with Crippen molar-refractivity contribution in [1.82, 2.24) is 30.1 Å². The molecule has 0 radical (unpaired) electrons. The molecule has 0 aliphatic rings. The quantitative estimate of drug-likeness (QED) is 0.200. The number of anilines is 1. The number of hydrogen-bond acceptors (Lipinski definition) is 6. The molecule has 0 saturated carbocycles. The molecule has 0 aliphatic carbocycles. The predicted octanol–water partition coefficient (Wildman–Crippen LogP) is 6.56. The molecule has 7 rings (SSSR count). The van der Waals surface area contributed by atoms with Crippen LogP contribution in [0.3, 0.4) is 0 Å². The first-order valence-electron chi connectivity index (χ1n) is 13.5. The summed E-state index contributed by atoms with van der Waals surface area (Å²) in [4.78, 5) is 29.7. The van der Waals surface area contributed by atoms with E-state index in [2.05, 4.69) is 30.5 Å². The van der Waals surface area contributed by atoms with Gasteiger partial charge in [0.15, 0.2) is 0 Å². The molecule has 210 valence electrons. The number of methoxy groups -OCH3 is 1. The summed E-state index contributed by atoms with van der Waals surface area (Å²) in [5, 5.41) is 11.3. The fourth-order valence-corrected chi connectivity index (χ4v) is 5.12. The van der Waals surface area contributed by atoms with Gasteiger partial charge in [-0.1, -0.05) is 30.3 Å². The summed E-state index contributed by atoms with van der Waals surface area (Å²) in [6.07, 6.45) is 5.25. The van der Waals surface area contributed by atoms with Crippen LogP contribution in [0.2, 0.25) is 0 Å². The minimum absolute atomic E-state index is 0.130. The molecule has 43 heavy (non-hydrogen) atoms. The lowest BCUT2D eigenvalue weighted by Crippen LogP contribution is -2.14. The standard InChI is InChI=1S/C33H24FN7O2/c1-43-24-14-20(12-22(34)15-24)25-9-10-36-33-26(25)16-29(39-33)32-31-28(40-41-32)8-7-27(38-31)21-13-23(18-35-17-21)37-30(42)11-19-5-3-2-4-6-19/h2-10,12-18H,11H2,1H3,(H,36,39)(H,37,42)(H,40,41). The van der Waals surface area contributed by atoms with Crippen LogP contribution in [-0.4, -0.2) is 43.2 Å². The van der Waals surface area contributed by atoms with Crippen molar-refractivity contribution in [2.24, 2.45) is 0 Å². The molecule has 0 atom stereocenters. The lowest BCUT2D eigenvalue weighted by atomic mass is 10.0. The number of hydrogen-bond donors (Lipinski definition) is 3. The largest absolute Gasteiger partial charge is 0.497 e. The third-order valence-electron chi connectivity index (χ3n) is 7.14. The van der Waals surface area contributed by atoms with E-state index >= 15 is 0 Å². The third-order valence-corrected chi connectivity index (χ3v) is 7.14. The average Bonchev–Trinajstić information content (AvgIpc) is 3.65. The fraction of sp³-hybridized carbons (Fsp3) is 0.0606. The predicted molar refractivity (Wildman–Crippen MR) is 163 cm³/mol. The zero-order valence-electron chi connectivity index (χ0n) is 22.9. The molecule has 7 aromatic rings. The summed E-state index contributed by atoms with van der Waals surface area (Å²) < 4.78 is 19.6. The van der Waals surface area contributed by atoms with Crippen LogP contribution in [0.5, 0.6) is 5.75 Å². The van der Waals surface area contributed by atoms with E-state index in [1.165, 1.54) is 19.2 Å². The molecule has 0 unspecified atom stereocenters. The summed E-state index contributed by atoms with van der Waals surface area (Å²) >= 11 is 0. The maximum absolute atomic E-state index is 14.3. The van der Waals surface area contributed by atoms with Crippen molar-refractivity contribution in [3.05, 3.63) is 109 Å². The second kappa shape index (κ2) is 10.8. The molecule has 5 aromatic heterocycles. The molecule has 0 fully saturated rings. The number of H-pyrrole nitrogens is 2. The zero-order valence-corrected chi connectivity index (χ0v) is 22.9. The highest BCUT2D eigenvalue weighted by molar-refractivity contribution is 5.99. The Hall–Kier alpha value is -5.90. The van der Waals surface area contributed by atoms with Crippen molar-refractivity contribution in [3.8, 4) is 39.5 Å². The molecular weight excluding hydrogens is 545 g/mol. The molecule has 10 heteroatoms. The Balaban J connectivity index is 1.22. The van der Waals surface area contributed by atoms with Gasteiger partial charge in [0.05, 0.1) is 42.3 Å². The van der Waals surface area contributed by atoms with E-state index in [1.807, 2.05) is 60.7 Å². The van der Waals surface area contributed by atoms with Crippen LogP contribution in [0, 0.1) is 5.82 Å². The second-order valence-corrected chi connectivity index (χ2v) is 10.0. The summed E-state index contributed by atoms with van der Waals surface area (Å²) in [5.41, 5.74) is 7.74. The molecule has 0 spiro atoms. The molecule has 2 aromatic carbocycles. The number of pyridine rings is 3. The molecule has 3 N–H and O–H groups in total. The number of nitrogens with one attached hydrogen (secondary N) is 3. The van der Waals surface area contributed by atoms with Crippen LogP contribution in [0.1, 0.15) is 5.56 Å². The molecule has 5 heterocycles. The maximum atomic E-state index is 14.3. The topological polar surface area (TPSA) is 121 Å². The van der Waals surface area contributed by atoms with Gasteiger partial charge >= 0.3 is 0 Å². The van der Waals surface area contributed by atoms with Gasteiger partial charge in [-0.3, -0.25) is 14.9 Å². The summed E-state index contributed by atoms with van der Waals surface area (Å²) in [6.45, 7) is 0. The number of aromatic nitrogens is 6. The van der Waals surface area contributed by atoms with Crippen LogP contribution in [0.4, 0.5) is 10.1 Å². The Morgan fingerprint density at radius 1 is 0.977 bits per heavy atom. The molecular formula is C33H24FN7O2. The van der Waals surface area contributed by atoms with Gasteiger partial charge in [0.1, 0.15) is 28.4 Å². The van der Waals surface area contributed by atoms with Crippen LogP contribution < -0.4 is 10.1 Å². The van der Waals surface area contributed by atoms with E-state index in [-0.39, 0.29) is 18.1 Å². The number of rotatable bonds is 7. The number of nitrogens with zero attached hydrogens (tertiary/aromatic N) is 4. The Morgan fingerprint density at radius 3 is 2.72 bits per heavy atom. The maximum Gasteiger partial charge on any atom is 0.228 e. The van der Waals surface area contributed by atoms with Crippen molar-refractivity contribution in [2.45, 2.75) is 6.42 Å². The molecule has 9 nitrogen and oxygen atoms in total. The lowest BCUT2D eigenvalue weighted by Gasteiger charge is -2.07.